The smallest absolute Gasteiger partial charge is 0.262 e. The molecule has 0 radical (unpaired) electrons. The van der Waals surface area contributed by atoms with Crippen molar-refractivity contribution in [3.05, 3.63) is 56.2 Å². The Labute approximate surface area is 148 Å². The van der Waals surface area contributed by atoms with Gasteiger partial charge in [-0.2, -0.15) is 5.26 Å². The minimum atomic E-state index is -0.367. The van der Waals surface area contributed by atoms with Gasteiger partial charge in [-0.3, -0.25) is 4.79 Å². The number of thiophene rings is 1. The summed E-state index contributed by atoms with van der Waals surface area (Å²) in [6.07, 6.45) is 1.59. The Bertz CT molecular complexity index is 761. The van der Waals surface area contributed by atoms with E-state index in [1.54, 1.807) is 17.4 Å². The topological polar surface area (TPSA) is 56.1 Å². The van der Waals surface area contributed by atoms with Crippen LogP contribution < -0.4 is 10.2 Å². The Morgan fingerprint density at radius 2 is 2.22 bits per heavy atom. The van der Waals surface area contributed by atoms with Gasteiger partial charge in [0.15, 0.2) is 0 Å². The van der Waals surface area contributed by atoms with Crippen LogP contribution in [0.1, 0.15) is 10.4 Å². The lowest BCUT2D eigenvalue weighted by Crippen LogP contribution is -2.23. The van der Waals surface area contributed by atoms with Crippen LogP contribution in [0.3, 0.4) is 0 Å². The highest BCUT2D eigenvalue weighted by Gasteiger charge is 2.10. The van der Waals surface area contributed by atoms with E-state index < -0.39 is 0 Å². The maximum absolute atomic E-state index is 12.1. The van der Waals surface area contributed by atoms with Gasteiger partial charge in [0.25, 0.3) is 5.91 Å². The predicted octanol–water partition coefficient (Wildman–Crippen LogP) is 3.80. The van der Waals surface area contributed by atoms with Crippen LogP contribution in [0.2, 0.25) is 0 Å². The van der Waals surface area contributed by atoms with Crippen LogP contribution in [0, 0.1) is 11.3 Å². The second-order valence-corrected chi connectivity index (χ2v) is 6.92. The van der Waals surface area contributed by atoms with Gasteiger partial charge in [-0.25, -0.2) is 0 Å². The van der Waals surface area contributed by atoms with Gasteiger partial charge in [-0.15, -0.1) is 11.3 Å². The Balaban J connectivity index is 2.13. The second kappa shape index (κ2) is 7.95. The van der Waals surface area contributed by atoms with Crippen LogP contribution in [0.25, 0.3) is 6.08 Å². The largest absolute Gasteiger partial charge is 0.377 e. The lowest BCUT2D eigenvalue weighted by Gasteiger charge is -2.14. The molecule has 0 fully saturated rings. The summed E-state index contributed by atoms with van der Waals surface area (Å²) in [5, 5.41) is 13.9. The number of hydrogen-bond acceptors (Lipinski definition) is 4. The molecule has 0 aliphatic carbocycles. The average molecular weight is 390 g/mol. The summed E-state index contributed by atoms with van der Waals surface area (Å²) in [6.45, 7) is 0.429. The monoisotopic (exact) mass is 389 g/mol. The maximum atomic E-state index is 12.1. The molecule has 118 valence electrons. The first-order valence-electron chi connectivity index (χ1n) is 6.90. The fraction of sp³-hybridized carbons (Fsp3) is 0.176. The number of nitrogens with zero attached hydrogens (tertiary/aromatic N) is 2. The molecule has 0 atom stereocenters. The molecule has 1 aromatic carbocycles. The molecule has 0 saturated carbocycles. The molecule has 6 heteroatoms. The van der Waals surface area contributed by atoms with E-state index >= 15 is 0 Å². The third-order valence-electron chi connectivity index (χ3n) is 3.13. The van der Waals surface area contributed by atoms with Crippen LogP contribution in [0.5, 0.6) is 0 Å². The lowest BCUT2D eigenvalue weighted by atomic mass is 10.1. The highest BCUT2D eigenvalue weighted by atomic mass is 79.9. The molecule has 1 amide bonds. The highest BCUT2D eigenvalue weighted by molar-refractivity contribution is 9.10. The van der Waals surface area contributed by atoms with Crippen LogP contribution in [-0.4, -0.2) is 20.0 Å². The number of carbonyl (C=O) groups is 1. The Morgan fingerprint density at radius 1 is 1.43 bits per heavy atom. The molecule has 0 aliphatic heterocycles. The maximum Gasteiger partial charge on any atom is 0.262 e. The Hall–Kier alpha value is -2.10. The van der Waals surface area contributed by atoms with E-state index in [2.05, 4.69) is 21.2 Å². The lowest BCUT2D eigenvalue weighted by molar-refractivity contribution is -0.117. The number of rotatable bonds is 5. The summed E-state index contributed by atoms with van der Waals surface area (Å²) in [6, 6.07) is 11.5. The highest BCUT2D eigenvalue weighted by Crippen LogP contribution is 2.26. The summed E-state index contributed by atoms with van der Waals surface area (Å²) >= 11 is 5.07. The van der Waals surface area contributed by atoms with Crippen molar-refractivity contribution in [1.29, 1.82) is 5.26 Å². The van der Waals surface area contributed by atoms with Gasteiger partial charge >= 0.3 is 0 Å². The first kappa shape index (κ1) is 17.3. The summed E-state index contributed by atoms with van der Waals surface area (Å²) in [7, 11) is 3.91. The molecule has 1 N–H and O–H groups in total. The molecule has 1 aromatic heterocycles. The zero-order valence-corrected chi connectivity index (χ0v) is 15.2. The fourth-order valence-corrected chi connectivity index (χ4v) is 3.36. The number of carbonyl (C=O) groups excluding carboxylic acids is 1. The van der Waals surface area contributed by atoms with Crippen molar-refractivity contribution in [3.8, 4) is 6.07 Å². The van der Waals surface area contributed by atoms with Crippen molar-refractivity contribution >= 4 is 44.9 Å². The Morgan fingerprint density at radius 3 is 2.78 bits per heavy atom. The standard InChI is InChI=1S/C17H16BrN3OS/c1-21(2)16-6-5-12(9-15(16)18)8-13(10-19)17(22)20-11-14-4-3-7-23-14/h3-9H,11H2,1-2H3,(H,20,22)/b13-8+. The third-order valence-corrected chi connectivity index (χ3v) is 4.64. The normalized spacial score (nSPS) is 11.0. The van der Waals surface area contributed by atoms with E-state index in [0.717, 1.165) is 20.6 Å². The zero-order chi connectivity index (χ0) is 16.8. The first-order valence-corrected chi connectivity index (χ1v) is 8.58. The number of anilines is 1. The van der Waals surface area contributed by atoms with Gasteiger partial charge in [0, 0.05) is 23.4 Å². The second-order valence-electron chi connectivity index (χ2n) is 5.04. The predicted molar refractivity (Wildman–Crippen MR) is 98.2 cm³/mol. The number of nitrogens with one attached hydrogen (secondary N) is 1. The molecule has 23 heavy (non-hydrogen) atoms. The summed E-state index contributed by atoms with van der Waals surface area (Å²) in [5.41, 5.74) is 1.92. The van der Waals surface area contributed by atoms with E-state index in [1.165, 1.54) is 0 Å². The molecule has 0 bridgehead atoms. The molecule has 0 saturated heterocycles. The molecular weight excluding hydrogens is 374 g/mol. The van der Waals surface area contributed by atoms with E-state index in [9.17, 15) is 10.1 Å². The SMILES string of the molecule is CN(C)c1ccc(/C=C(\C#N)C(=O)NCc2cccs2)cc1Br. The van der Waals surface area contributed by atoms with Crippen LogP contribution in [0.4, 0.5) is 5.69 Å². The van der Waals surface area contributed by atoms with Crippen LogP contribution >= 0.6 is 27.3 Å². The van der Waals surface area contributed by atoms with Crippen molar-refractivity contribution in [2.75, 3.05) is 19.0 Å². The quantitative estimate of drug-likeness (QED) is 0.624. The molecule has 2 rings (SSSR count). The van der Waals surface area contributed by atoms with Crippen molar-refractivity contribution in [2.24, 2.45) is 0 Å². The van der Waals surface area contributed by atoms with Crippen LogP contribution in [0.15, 0.2) is 45.8 Å². The molecule has 1 heterocycles. The molecule has 4 nitrogen and oxygen atoms in total. The molecule has 0 aliphatic rings. The zero-order valence-electron chi connectivity index (χ0n) is 12.8. The number of benzene rings is 1. The first-order chi connectivity index (χ1) is 11.0. The molecule has 0 spiro atoms. The van der Waals surface area contributed by atoms with E-state index in [-0.39, 0.29) is 11.5 Å². The van der Waals surface area contributed by atoms with Crippen molar-refractivity contribution < 1.29 is 4.79 Å². The van der Waals surface area contributed by atoms with Gasteiger partial charge < -0.3 is 10.2 Å². The minimum absolute atomic E-state index is 0.0889. The van der Waals surface area contributed by atoms with Crippen molar-refractivity contribution in [2.45, 2.75) is 6.54 Å². The summed E-state index contributed by atoms with van der Waals surface area (Å²) < 4.78 is 0.910. The van der Waals surface area contributed by atoms with E-state index in [1.807, 2.05) is 60.8 Å². The van der Waals surface area contributed by atoms with Gasteiger partial charge in [0.2, 0.25) is 0 Å². The Kier molecular flexibility index (Phi) is 5.97. The number of halogens is 1. The summed E-state index contributed by atoms with van der Waals surface area (Å²) in [5.74, 6) is -0.367. The van der Waals surface area contributed by atoms with Gasteiger partial charge in [0.05, 0.1) is 12.2 Å². The molecule has 0 unspecified atom stereocenters. The number of hydrogen-bond donors (Lipinski definition) is 1. The minimum Gasteiger partial charge on any atom is -0.377 e. The number of nitriles is 1. The third kappa shape index (κ3) is 4.68. The van der Waals surface area contributed by atoms with E-state index in [0.29, 0.717) is 6.54 Å². The van der Waals surface area contributed by atoms with E-state index in [4.69, 9.17) is 0 Å². The summed E-state index contributed by atoms with van der Waals surface area (Å²) in [4.78, 5) is 15.1. The van der Waals surface area contributed by atoms with Gasteiger partial charge in [-0.05, 0) is 51.1 Å². The molecule has 2 aromatic rings. The van der Waals surface area contributed by atoms with Crippen molar-refractivity contribution in [1.82, 2.24) is 5.32 Å². The fourth-order valence-electron chi connectivity index (χ4n) is 1.97. The van der Waals surface area contributed by atoms with Gasteiger partial charge in [0.1, 0.15) is 11.6 Å². The number of amides is 1. The van der Waals surface area contributed by atoms with Crippen LogP contribution in [-0.2, 0) is 11.3 Å². The molecular formula is C17H16BrN3OS. The average Bonchev–Trinajstić information content (AvgIpc) is 3.03. The van der Waals surface area contributed by atoms with Crippen molar-refractivity contribution in [3.63, 3.8) is 0 Å². The van der Waals surface area contributed by atoms with Gasteiger partial charge in [-0.1, -0.05) is 12.1 Å².